The number of nitrogens with two attached hydrogens (primary N) is 3. The van der Waals surface area contributed by atoms with Crippen LogP contribution in [0.2, 0.25) is 0 Å². The van der Waals surface area contributed by atoms with Crippen LogP contribution in [0.3, 0.4) is 0 Å². The number of carbonyl (C=O) groups excluding carboxylic acids is 2. The molecule has 0 aromatic carbocycles. The number of thiophene rings is 1. The Balaban J connectivity index is 2.49. The van der Waals surface area contributed by atoms with Gasteiger partial charge in [0.15, 0.2) is 0 Å². The van der Waals surface area contributed by atoms with Gasteiger partial charge in [-0.15, -0.1) is 11.3 Å². The number of anilines is 2. The Morgan fingerprint density at radius 3 is 2.44 bits per heavy atom. The summed E-state index contributed by atoms with van der Waals surface area (Å²) in [4.78, 5) is 25.0. The summed E-state index contributed by atoms with van der Waals surface area (Å²) in [6.45, 7) is 3.80. The molecule has 1 aliphatic heterocycles. The maximum atomic E-state index is 11.5. The quantitative estimate of drug-likeness (QED) is 0.734. The Morgan fingerprint density at radius 2 is 2.00 bits per heavy atom. The topological polar surface area (TPSA) is 115 Å². The molecule has 0 saturated carbocycles. The van der Waals surface area contributed by atoms with E-state index in [1.54, 1.807) is 0 Å². The normalized spacial score (nSPS) is 19.2. The zero-order valence-corrected chi connectivity index (χ0v) is 10.9. The van der Waals surface area contributed by atoms with Gasteiger partial charge < -0.3 is 22.1 Å². The lowest BCUT2D eigenvalue weighted by atomic mass is 10.2. The van der Waals surface area contributed by atoms with Crippen molar-refractivity contribution in [2.75, 3.05) is 23.7 Å². The zero-order valence-electron chi connectivity index (χ0n) is 10.1. The molecular formula is C11H16N4O2S. The third kappa shape index (κ3) is 2.01. The molecule has 1 aromatic rings. The van der Waals surface area contributed by atoms with Gasteiger partial charge in [0.1, 0.15) is 9.88 Å². The van der Waals surface area contributed by atoms with Crippen LogP contribution in [0.25, 0.3) is 0 Å². The lowest BCUT2D eigenvalue weighted by Crippen LogP contribution is -2.22. The molecule has 1 saturated heterocycles. The number of primary amides is 2. The second kappa shape index (κ2) is 4.49. The molecule has 18 heavy (non-hydrogen) atoms. The molecule has 1 fully saturated rings. The third-order valence-corrected chi connectivity index (χ3v) is 4.39. The molecule has 2 rings (SSSR count). The first-order chi connectivity index (χ1) is 8.41. The summed E-state index contributed by atoms with van der Waals surface area (Å²) >= 11 is 1.15. The number of hydrogen-bond acceptors (Lipinski definition) is 5. The minimum atomic E-state index is -0.626. The summed E-state index contributed by atoms with van der Waals surface area (Å²) < 4.78 is 0. The van der Waals surface area contributed by atoms with Crippen LogP contribution in [0.1, 0.15) is 33.4 Å². The Bertz CT molecular complexity index is 511. The molecule has 0 spiro atoms. The van der Waals surface area contributed by atoms with E-state index >= 15 is 0 Å². The van der Waals surface area contributed by atoms with Gasteiger partial charge in [-0.1, -0.05) is 6.92 Å². The van der Waals surface area contributed by atoms with Crippen molar-refractivity contribution in [1.29, 1.82) is 0 Å². The van der Waals surface area contributed by atoms with Crippen molar-refractivity contribution in [3.05, 3.63) is 10.4 Å². The van der Waals surface area contributed by atoms with E-state index in [0.717, 1.165) is 30.8 Å². The average Bonchev–Trinajstić information content (AvgIpc) is 2.81. The highest BCUT2D eigenvalue weighted by Crippen LogP contribution is 2.39. The number of rotatable bonds is 3. The molecule has 0 bridgehead atoms. The van der Waals surface area contributed by atoms with Gasteiger partial charge in [0.2, 0.25) is 0 Å². The van der Waals surface area contributed by atoms with E-state index in [1.807, 2.05) is 4.90 Å². The third-order valence-electron chi connectivity index (χ3n) is 3.11. The Hall–Kier alpha value is -1.76. The van der Waals surface area contributed by atoms with E-state index in [0.29, 0.717) is 10.9 Å². The second-order valence-corrected chi connectivity index (χ2v) is 5.59. The minimum absolute atomic E-state index is 0.106. The van der Waals surface area contributed by atoms with Gasteiger partial charge in [0, 0.05) is 13.1 Å². The van der Waals surface area contributed by atoms with Crippen molar-refractivity contribution in [3.63, 3.8) is 0 Å². The van der Waals surface area contributed by atoms with Crippen molar-refractivity contribution < 1.29 is 9.59 Å². The van der Waals surface area contributed by atoms with Crippen LogP contribution in [0, 0.1) is 5.92 Å². The van der Waals surface area contributed by atoms with Gasteiger partial charge in [-0.2, -0.15) is 0 Å². The molecule has 98 valence electrons. The Kier molecular flexibility index (Phi) is 3.16. The maximum Gasteiger partial charge on any atom is 0.260 e. The van der Waals surface area contributed by atoms with Crippen molar-refractivity contribution in [3.8, 4) is 0 Å². The van der Waals surface area contributed by atoms with Crippen LogP contribution in [-0.4, -0.2) is 24.9 Å². The van der Waals surface area contributed by atoms with E-state index < -0.39 is 11.8 Å². The zero-order chi connectivity index (χ0) is 13.4. The molecule has 1 aliphatic rings. The van der Waals surface area contributed by atoms with Gasteiger partial charge in [-0.25, -0.2) is 0 Å². The number of amides is 2. The average molecular weight is 268 g/mol. The SMILES string of the molecule is CC1CCN(c2sc(C(N)=O)c(N)c2C(N)=O)C1. The molecule has 1 atom stereocenters. The molecular weight excluding hydrogens is 252 g/mol. The van der Waals surface area contributed by atoms with Gasteiger partial charge in [-0.3, -0.25) is 9.59 Å². The fraction of sp³-hybridized carbons (Fsp3) is 0.455. The van der Waals surface area contributed by atoms with E-state index in [9.17, 15) is 9.59 Å². The van der Waals surface area contributed by atoms with Crippen LogP contribution in [0.5, 0.6) is 0 Å². The number of nitrogen functional groups attached to an aromatic ring is 1. The number of nitrogens with zero attached hydrogens (tertiary/aromatic N) is 1. The maximum absolute atomic E-state index is 11.5. The lowest BCUT2D eigenvalue weighted by molar-refractivity contribution is 0.0999. The summed E-state index contributed by atoms with van der Waals surface area (Å²) in [6, 6.07) is 0. The summed E-state index contributed by atoms with van der Waals surface area (Å²) in [5.41, 5.74) is 16.7. The molecule has 6 nitrogen and oxygen atoms in total. The fourth-order valence-corrected chi connectivity index (χ4v) is 3.31. The summed E-state index contributed by atoms with van der Waals surface area (Å²) in [5.74, 6) is -0.699. The van der Waals surface area contributed by atoms with Crippen molar-refractivity contribution in [1.82, 2.24) is 0 Å². The Labute approximate surface area is 109 Å². The van der Waals surface area contributed by atoms with Gasteiger partial charge >= 0.3 is 0 Å². The largest absolute Gasteiger partial charge is 0.397 e. The number of hydrogen-bond donors (Lipinski definition) is 3. The highest BCUT2D eigenvalue weighted by molar-refractivity contribution is 7.19. The summed E-state index contributed by atoms with van der Waals surface area (Å²) in [6.07, 6.45) is 1.04. The molecule has 0 radical (unpaired) electrons. The summed E-state index contributed by atoms with van der Waals surface area (Å²) in [7, 11) is 0. The lowest BCUT2D eigenvalue weighted by Gasteiger charge is -2.17. The molecule has 0 aliphatic carbocycles. The fourth-order valence-electron chi connectivity index (χ4n) is 2.19. The molecule has 2 heterocycles. The van der Waals surface area contributed by atoms with Gasteiger partial charge in [-0.05, 0) is 12.3 Å². The molecule has 6 N–H and O–H groups in total. The van der Waals surface area contributed by atoms with Crippen molar-refractivity contribution >= 4 is 33.8 Å². The predicted molar refractivity (Wildman–Crippen MR) is 71.8 cm³/mol. The van der Waals surface area contributed by atoms with E-state index in [4.69, 9.17) is 17.2 Å². The summed E-state index contributed by atoms with van der Waals surface area (Å²) in [5, 5.41) is 0.665. The first-order valence-electron chi connectivity index (χ1n) is 5.68. The smallest absolute Gasteiger partial charge is 0.260 e. The van der Waals surface area contributed by atoms with Crippen LogP contribution in [0.4, 0.5) is 10.7 Å². The molecule has 7 heteroatoms. The van der Waals surface area contributed by atoms with Crippen molar-refractivity contribution in [2.45, 2.75) is 13.3 Å². The highest BCUT2D eigenvalue weighted by atomic mass is 32.1. The molecule has 2 amide bonds. The highest BCUT2D eigenvalue weighted by Gasteiger charge is 2.29. The monoisotopic (exact) mass is 268 g/mol. The van der Waals surface area contributed by atoms with Crippen LogP contribution in [0.15, 0.2) is 0 Å². The molecule has 1 aromatic heterocycles. The van der Waals surface area contributed by atoms with Crippen LogP contribution < -0.4 is 22.1 Å². The van der Waals surface area contributed by atoms with E-state index in [1.165, 1.54) is 0 Å². The standard InChI is InChI=1S/C11H16N4O2S/c1-5-2-3-15(4-5)11-6(9(13)16)7(12)8(18-11)10(14)17/h5H,2-4,12H2,1H3,(H2,13,16)(H2,14,17). The first kappa shape index (κ1) is 12.7. The van der Waals surface area contributed by atoms with Gasteiger partial charge in [0.05, 0.1) is 11.3 Å². The van der Waals surface area contributed by atoms with Crippen LogP contribution >= 0.6 is 11.3 Å². The molecule has 1 unspecified atom stereocenters. The van der Waals surface area contributed by atoms with Crippen LogP contribution in [-0.2, 0) is 0 Å². The minimum Gasteiger partial charge on any atom is -0.397 e. The van der Waals surface area contributed by atoms with E-state index in [-0.39, 0.29) is 16.1 Å². The van der Waals surface area contributed by atoms with Gasteiger partial charge in [0.25, 0.3) is 11.8 Å². The van der Waals surface area contributed by atoms with Crippen molar-refractivity contribution in [2.24, 2.45) is 17.4 Å². The number of carbonyl (C=O) groups is 2. The predicted octanol–water partition coefficient (Wildman–Crippen LogP) is 0.374. The van der Waals surface area contributed by atoms with E-state index in [2.05, 4.69) is 6.92 Å². The second-order valence-electron chi connectivity index (χ2n) is 4.59. The Morgan fingerprint density at radius 1 is 1.33 bits per heavy atom. The first-order valence-corrected chi connectivity index (χ1v) is 6.50.